The Bertz CT molecular complexity index is 538. The molecule has 1 rings (SSSR count). The number of sulfonamides is 1. The predicted molar refractivity (Wildman–Crippen MR) is 68.7 cm³/mol. The molecule has 0 aliphatic carbocycles. The van der Waals surface area contributed by atoms with Crippen molar-refractivity contribution < 1.29 is 21.6 Å². The average molecular weight is 313 g/mol. The Morgan fingerprint density at radius 1 is 1.35 bits per heavy atom. The SMILES string of the molecule is CCNCc1cc(S(=O)(=O)NCCC(F)(F)F)cn1C. The molecule has 0 fully saturated rings. The van der Waals surface area contributed by atoms with E-state index in [0.717, 1.165) is 12.2 Å². The smallest absolute Gasteiger partial charge is 0.352 e. The van der Waals surface area contributed by atoms with E-state index < -0.39 is 29.2 Å². The van der Waals surface area contributed by atoms with Crippen molar-refractivity contribution in [2.75, 3.05) is 13.1 Å². The lowest BCUT2D eigenvalue weighted by Crippen LogP contribution is -2.27. The van der Waals surface area contributed by atoms with Crippen LogP contribution in [0.25, 0.3) is 0 Å². The monoisotopic (exact) mass is 313 g/mol. The van der Waals surface area contributed by atoms with Gasteiger partial charge in [-0.15, -0.1) is 0 Å². The number of halogens is 3. The minimum atomic E-state index is -4.38. The number of nitrogens with one attached hydrogen (secondary N) is 2. The van der Waals surface area contributed by atoms with Gasteiger partial charge >= 0.3 is 6.18 Å². The van der Waals surface area contributed by atoms with Gasteiger partial charge < -0.3 is 9.88 Å². The van der Waals surface area contributed by atoms with Crippen molar-refractivity contribution in [3.63, 3.8) is 0 Å². The lowest BCUT2D eigenvalue weighted by molar-refractivity contribution is -0.132. The van der Waals surface area contributed by atoms with Crippen LogP contribution in [0, 0.1) is 0 Å². The zero-order chi connectivity index (χ0) is 15.4. The van der Waals surface area contributed by atoms with Crippen LogP contribution in [0.4, 0.5) is 13.2 Å². The van der Waals surface area contributed by atoms with Crippen LogP contribution >= 0.6 is 0 Å². The molecular weight excluding hydrogens is 295 g/mol. The molecule has 0 aromatic carbocycles. The number of alkyl halides is 3. The van der Waals surface area contributed by atoms with Crippen LogP contribution in [0.3, 0.4) is 0 Å². The van der Waals surface area contributed by atoms with Crippen molar-refractivity contribution in [1.29, 1.82) is 0 Å². The molecule has 9 heteroatoms. The van der Waals surface area contributed by atoms with Gasteiger partial charge in [0.15, 0.2) is 0 Å². The van der Waals surface area contributed by atoms with E-state index in [2.05, 4.69) is 5.32 Å². The quantitative estimate of drug-likeness (QED) is 0.799. The molecule has 0 saturated heterocycles. The molecule has 116 valence electrons. The van der Waals surface area contributed by atoms with Gasteiger partial charge in [-0.3, -0.25) is 0 Å². The van der Waals surface area contributed by atoms with E-state index in [4.69, 9.17) is 0 Å². The highest BCUT2D eigenvalue weighted by atomic mass is 32.2. The maximum absolute atomic E-state index is 12.0. The highest BCUT2D eigenvalue weighted by molar-refractivity contribution is 7.89. The maximum Gasteiger partial charge on any atom is 0.390 e. The standard InChI is InChI=1S/C11H18F3N3O2S/c1-3-15-7-9-6-10(8-17(9)2)20(18,19)16-5-4-11(12,13)14/h6,8,15-16H,3-5,7H2,1-2H3. The lowest BCUT2D eigenvalue weighted by atomic mass is 10.4. The first kappa shape index (κ1) is 17.0. The molecule has 1 aromatic heterocycles. The first-order chi connectivity index (χ1) is 9.15. The topological polar surface area (TPSA) is 63.1 Å². The van der Waals surface area contributed by atoms with E-state index in [1.807, 2.05) is 11.6 Å². The minimum absolute atomic E-state index is 0.0323. The second kappa shape index (κ2) is 6.59. The molecule has 1 heterocycles. The van der Waals surface area contributed by atoms with Gasteiger partial charge in [-0.25, -0.2) is 13.1 Å². The molecule has 1 aromatic rings. The first-order valence-electron chi connectivity index (χ1n) is 6.08. The predicted octanol–water partition coefficient (Wildman–Crippen LogP) is 1.37. The van der Waals surface area contributed by atoms with Crippen molar-refractivity contribution in [3.8, 4) is 0 Å². The van der Waals surface area contributed by atoms with Gasteiger partial charge in [0.1, 0.15) is 0 Å². The van der Waals surface area contributed by atoms with Crippen molar-refractivity contribution in [2.24, 2.45) is 7.05 Å². The third-order valence-electron chi connectivity index (χ3n) is 2.65. The summed E-state index contributed by atoms with van der Waals surface area (Å²) in [4.78, 5) is -0.0323. The normalized spacial score (nSPS) is 12.8. The highest BCUT2D eigenvalue weighted by Crippen LogP contribution is 2.19. The molecule has 0 saturated carbocycles. The third kappa shape index (κ3) is 5.14. The summed E-state index contributed by atoms with van der Waals surface area (Å²) in [5.41, 5.74) is 0.739. The summed E-state index contributed by atoms with van der Waals surface area (Å²) >= 11 is 0. The Kier molecular flexibility index (Phi) is 5.60. The summed E-state index contributed by atoms with van der Waals surface area (Å²) in [7, 11) is -2.23. The molecule has 0 unspecified atom stereocenters. The highest BCUT2D eigenvalue weighted by Gasteiger charge is 2.27. The van der Waals surface area contributed by atoms with Crippen LogP contribution in [-0.4, -0.2) is 32.3 Å². The molecule has 2 N–H and O–H groups in total. The number of aromatic nitrogens is 1. The Hall–Kier alpha value is -1.06. The van der Waals surface area contributed by atoms with Gasteiger partial charge in [0.2, 0.25) is 10.0 Å². The Balaban J connectivity index is 2.72. The van der Waals surface area contributed by atoms with Crippen molar-refractivity contribution in [2.45, 2.75) is 31.0 Å². The third-order valence-corrected chi connectivity index (χ3v) is 4.08. The van der Waals surface area contributed by atoms with Crippen LogP contribution in [-0.2, 0) is 23.6 Å². The summed E-state index contributed by atoms with van der Waals surface area (Å²) < 4.78 is 63.2. The van der Waals surface area contributed by atoms with Gasteiger partial charge in [-0.1, -0.05) is 6.92 Å². The van der Waals surface area contributed by atoms with Crippen LogP contribution < -0.4 is 10.0 Å². The maximum atomic E-state index is 12.0. The summed E-state index contributed by atoms with van der Waals surface area (Å²) in [5.74, 6) is 0. The number of aryl methyl sites for hydroxylation is 1. The zero-order valence-corrected chi connectivity index (χ0v) is 12.1. The average Bonchev–Trinajstić information content (AvgIpc) is 2.67. The van der Waals surface area contributed by atoms with Crippen LogP contribution in [0.5, 0.6) is 0 Å². The van der Waals surface area contributed by atoms with Gasteiger partial charge in [0, 0.05) is 32.0 Å². The molecule has 0 aliphatic rings. The molecule has 0 radical (unpaired) electrons. The van der Waals surface area contributed by atoms with Crippen molar-refractivity contribution in [1.82, 2.24) is 14.6 Å². The Labute approximate surface area is 116 Å². The minimum Gasteiger partial charge on any atom is -0.352 e. The fourth-order valence-corrected chi connectivity index (χ4v) is 2.69. The van der Waals surface area contributed by atoms with Crippen LogP contribution in [0.2, 0.25) is 0 Å². The van der Waals surface area contributed by atoms with Gasteiger partial charge in [-0.2, -0.15) is 13.2 Å². The Morgan fingerprint density at radius 3 is 2.55 bits per heavy atom. The largest absolute Gasteiger partial charge is 0.390 e. The number of nitrogens with zero attached hydrogens (tertiary/aromatic N) is 1. The molecule has 0 atom stereocenters. The molecule has 5 nitrogen and oxygen atoms in total. The van der Waals surface area contributed by atoms with E-state index in [1.165, 1.54) is 12.3 Å². The van der Waals surface area contributed by atoms with Gasteiger partial charge in [-0.05, 0) is 12.6 Å². The van der Waals surface area contributed by atoms with Crippen LogP contribution in [0.15, 0.2) is 17.2 Å². The molecule has 0 spiro atoms. The molecular formula is C11H18F3N3O2S. The van der Waals surface area contributed by atoms with Gasteiger partial charge in [0.05, 0.1) is 11.3 Å². The van der Waals surface area contributed by atoms with Crippen molar-refractivity contribution >= 4 is 10.0 Å². The van der Waals surface area contributed by atoms with Gasteiger partial charge in [0.25, 0.3) is 0 Å². The van der Waals surface area contributed by atoms with E-state index in [-0.39, 0.29) is 4.90 Å². The lowest BCUT2D eigenvalue weighted by Gasteiger charge is -2.07. The summed E-state index contributed by atoms with van der Waals surface area (Å²) in [6.45, 7) is 2.48. The van der Waals surface area contributed by atoms with E-state index in [1.54, 1.807) is 11.6 Å². The van der Waals surface area contributed by atoms with E-state index in [9.17, 15) is 21.6 Å². The molecule has 0 amide bonds. The molecule has 20 heavy (non-hydrogen) atoms. The second-order valence-corrected chi connectivity index (χ2v) is 6.09. The number of hydrogen-bond acceptors (Lipinski definition) is 3. The zero-order valence-electron chi connectivity index (χ0n) is 11.3. The fraction of sp³-hybridized carbons (Fsp3) is 0.636. The Morgan fingerprint density at radius 2 is 2.00 bits per heavy atom. The van der Waals surface area contributed by atoms with Crippen LogP contribution in [0.1, 0.15) is 19.0 Å². The summed E-state index contributed by atoms with van der Waals surface area (Å²) in [6.07, 6.45) is -4.19. The fourth-order valence-electron chi connectivity index (χ4n) is 1.56. The van der Waals surface area contributed by atoms with E-state index in [0.29, 0.717) is 6.54 Å². The van der Waals surface area contributed by atoms with E-state index >= 15 is 0 Å². The second-order valence-electron chi connectivity index (χ2n) is 4.32. The number of hydrogen-bond donors (Lipinski definition) is 2. The number of rotatable bonds is 7. The first-order valence-corrected chi connectivity index (χ1v) is 7.56. The molecule has 0 aliphatic heterocycles. The van der Waals surface area contributed by atoms with Crippen molar-refractivity contribution in [3.05, 3.63) is 18.0 Å². The molecule has 0 bridgehead atoms. The summed E-state index contributed by atoms with van der Waals surface area (Å²) in [5, 5.41) is 3.05. The summed E-state index contributed by atoms with van der Waals surface area (Å²) in [6, 6.07) is 1.44.